The molecule has 0 saturated carbocycles. The second-order valence-corrected chi connectivity index (χ2v) is 5.47. The molecule has 1 rings (SSSR count). The average molecular weight is 263 g/mol. The Hall–Kier alpha value is -1.58. The van der Waals surface area contributed by atoms with Crippen molar-refractivity contribution < 1.29 is 4.74 Å². The molecule has 0 radical (unpaired) electrons. The number of anilines is 1. The molecule has 106 valence electrons. The van der Waals surface area contributed by atoms with E-state index >= 15 is 0 Å². The number of ether oxygens (including phenoxy) is 1. The Bertz CT molecular complexity index is 422. The van der Waals surface area contributed by atoms with Crippen molar-refractivity contribution in [3.8, 4) is 5.88 Å². The van der Waals surface area contributed by atoms with Gasteiger partial charge in [0.05, 0.1) is 0 Å². The Labute approximate surface area is 116 Å². The predicted molar refractivity (Wildman–Crippen MR) is 79.8 cm³/mol. The van der Waals surface area contributed by atoms with E-state index in [-0.39, 0.29) is 5.41 Å². The van der Waals surface area contributed by atoms with Crippen molar-refractivity contribution in [2.45, 2.75) is 46.5 Å². The number of nitrogens with one attached hydrogen (secondary N) is 1. The van der Waals surface area contributed by atoms with Crippen molar-refractivity contribution in [3.63, 3.8) is 0 Å². The second-order valence-electron chi connectivity index (χ2n) is 5.47. The van der Waals surface area contributed by atoms with Crippen LogP contribution in [0.1, 0.15) is 46.9 Å². The minimum Gasteiger partial charge on any atom is -0.473 e. The van der Waals surface area contributed by atoms with Gasteiger partial charge in [-0.3, -0.25) is 0 Å². The van der Waals surface area contributed by atoms with Gasteiger partial charge in [0.25, 0.3) is 0 Å². The van der Waals surface area contributed by atoms with Gasteiger partial charge in [-0.15, -0.1) is 0 Å². The minimum absolute atomic E-state index is 0.0946. The normalized spacial score (nSPS) is 11.8. The van der Waals surface area contributed by atoms with E-state index in [1.54, 1.807) is 0 Å². The van der Waals surface area contributed by atoms with E-state index < -0.39 is 0 Å². The van der Waals surface area contributed by atoms with Gasteiger partial charge in [-0.2, -0.15) is 4.98 Å². The van der Waals surface area contributed by atoms with E-state index in [4.69, 9.17) is 4.74 Å². The van der Waals surface area contributed by atoms with E-state index in [1.807, 2.05) is 25.1 Å². The zero-order valence-corrected chi connectivity index (χ0v) is 12.7. The Morgan fingerprint density at radius 3 is 2.63 bits per heavy atom. The summed E-state index contributed by atoms with van der Waals surface area (Å²) in [6, 6.07) is 1.86. The summed E-state index contributed by atoms with van der Waals surface area (Å²) in [5.41, 5.74) is -0.0946. The number of aromatic nitrogens is 2. The van der Waals surface area contributed by atoms with Crippen LogP contribution in [0.3, 0.4) is 0 Å². The van der Waals surface area contributed by atoms with E-state index in [9.17, 15) is 0 Å². The van der Waals surface area contributed by atoms with Crippen molar-refractivity contribution in [1.82, 2.24) is 9.97 Å². The van der Waals surface area contributed by atoms with Gasteiger partial charge in [0.15, 0.2) is 0 Å². The molecule has 0 aliphatic rings. The summed E-state index contributed by atoms with van der Waals surface area (Å²) in [7, 11) is 0. The van der Waals surface area contributed by atoms with Crippen LogP contribution in [-0.2, 0) is 5.41 Å². The quantitative estimate of drug-likeness (QED) is 0.797. The summed E-state index contributed by atoms with van der Waals surface area (Å²) >= 11 is 0. The third-order valence-electron chi connectivity index (χ3n) is 2.49. The van der Waals surface area contributed by atoms with Gasteiger partial charge in [0.1, 0.15) is 18.2 Å². The fraction of sp³-hybridized carbons (Fsp3) is 0.600. The maximum Gasteiger partial charge on any atom is 0.219 e. The van der Waals surface area contributed by atoms with Crippen LogP contribution in [0.4, 0.5) is 5.82 Å². The van der Waals surface area contributed by atoms with E-state index in [0.717, 1.165) is 24.6 Å². The molecule has 1 heterocycles. The Morgan fingerprint density at radius 1 is 1.32 bits per heavy atom. The first-order valence-corrected chi connectivity index (χ1v) is 6.84. The molecule has 0 aliphatic heterocycles. The molecule has 1 aromatic heterocycles. The molecule has 1 N–H and O–H groups in total. The lowest BCUT2D eigenvalue weighted by molar-refractivity contribution is 0.343. The molecule has 4 nitrogen and oxygen atoms in total. The Morgan fingerprint density at radius 2 is 2.05 bits per heavy atom. The van der Waals surface area contributed by atoms with E-state index in [2.05, 4.69) is 43.0 Å². The highest BCUT2D eigenvalue weighted by molar-refractivity contribution is 5.39. The number of nitrogens with zero attached hydrogens (tertiary/aromatic N) is 2. The molecule has 0 aliphatic carbocycles. The number of hydrogen-bond donors (Lipinski definition) is 1. The highest BCUT2D eigenvalue weighted by atomic mass is 16.5. The van der Waals surface area contributed by atoms with Gasteiger partial charge in [0.2, 0.25) is 5.88 Å². The van der Waals surface area contributed by atoms with Gasteiger partial charge < -0.3 is 10.1 Å². The van der Waals surface area contributed by atoms with Crippen LogP contribution in [0, 0.1) is 0 Å². The zero-order valence-electron chi connectivity index (χ0n) is 12.7. The topological polar surface area (TPSA) is 47.0 Å². The molecule has 0 amide bonds. The van der Waals surface area contributed by atoms with Crippen LogP contribution in [0.25, 0.3) is 0 Å². The molecule has 0 aromatic carbocycles. The molecule has 4 heteroatoms. The van der Waals surface area contributed by atoms with Crippen molar-refractivity contribution in [3.05, 3.63) is 24.0 Å². The highest BCUT2D eigenvalue weighted by Gasteiger charge is 2.19. The van der Waals surface area contributed by atoms with E-state index in [1.165, 1.54) is 0 Å². The zero-order chi connectivity index (χ0) is 14.3. The van der Waals surface area contributed by atoms with Gasteiger partial charge in [-0.25, -0.2) is 4.98 Å². The number of rotatable bonds is 6. The molecule has 0 bridgehead atoms. The maximum atomic E-state index is 5.62. The first kappa shape index (κ1) is 15.5. The van der Waals surface area contributed by atoms with Gasteiger partial charge in [0, 0.05) is 18.0 Å². The Kier molecular flexibility index (Phi) is 5.80. The summed E-state index contributed by atoms with van der Waals surface area (Å²) in [5.74, 6) is 2.25. The van der Waals surface area contributed by atoms with Crippen LogP contribution < -0.4 is 10.1 Å². The minimum atomic E-state index is -0.0946. The molecule has 19 heavy (non-hydrogen) atoms. The van der Waals surface area contributed by atoms with Gasteiger partial charge >= 0.3 is 0 Å². The highest BCUT2D eigenvalue weighted by Crippen LogP contribution is 2.23. The summed E-state index contributed by atoms with van der Waals surface area (Å²) in [4.78, 5) is 9.03. The first-order chi connectivity index (χ1) is 8.97. The summed E-state index contributed by atoms with van der Waals surface area (Å²) in [6.07, 6.45) is 4.98. The lowest BCUT2D eigenvalue weighted by Gasteiger charge is -2.18. The second kappa shape index (κ2) is 7.12. The average Bonchev–Trinajstić information content (AvgIpc) is 2.35. The number of hydrogen-bond acceptors (Lipinski definition) is 4. The summed E-state index contributed by atoms with van der Waals surface area (Å²) in [5, 5.41) is 3.29. The van der Waals surface area contributed by atoms with Crippen LogP contribution in [-0.4, -0.2) is 23.1 Å². The molecular weight excluding hydrogens is 238 g/mol. The summed E-state index contributed by atoms with van der Waals surface area (Å²) in [6.45, 7) is 11.8. The fourth-order valence-electron chi connectivity index (χ4n) is 1.41. The van der Waals surface area contributed by atoms with E-state index in [0.29, 0.717) is 12.5 Å². The molecule has 0 saturated heterocycles. The van der Waals surface area contributed by atoms with Crippen LogP contribution >= 0.6 is 0 Å². The SMILES string of the molecule is C/C=C/COc1cc(NCCC)nc(C(C)(C)C)n1. The van der Waals surface area contributed by atoms with Crippen LogP contribution in [0.15, 0.2) is 18.2 Å². The van der Waals surface area contributed by atoms with Gasteiger partial charge in [-0.1, -0.05) is 39.8 Å². The lowest BCUT2D eigenvalue weighted by atomic mass is 9.96. The van der Waals surface area contributed by atoms with Crippen molar-refractivity contribution in [2.75, 3.05) is 18.5 Å². The standard InChI is InChI=1S/C15H25N3O/c1-6-8-10-19-13-11-12(16-9-7-2)17-14(18-13)15(3,4)5/h6,8,11H,7,9-10H2,1-5H3,(H,16,17,18)/b8-6+. The predicted octanol–water partition coefficient (Wildman–Crippen LogP) is 3.55. The third kappa shape index (κ3) is 5.28. The molecule has 0 fully saturated rings. The largest absolute Gasteiger partial charge is 0.473 e. The molecular formula is C15H25N3O. The monoisotopic (exact) mass is 263 g/mol. The Balaban J connectivity index is 2.95. The molecule has 0 atom stereocenters. The number of allylic oxidation sites excluding steroid dienone is 1. The van der Waals surface area contributed by atoms with Crippen molar-refractivity contribution in [2.24, 2.45) is 0 Å². The van der Waals surface area contributed by atoms with Crippen LogP contribution in [0.2, 0.25) is 0 Å². The summed E-state index contributed by atoms with van der Waals surface area (Å²) < 4.78 is 5.62. The first-order valence-electron chi connectivity index (χ1n) is 6.84. The maximum absolute atomic E-state index is 5.62. The molecule has 1 aromatic rings. The third-order valence-corrected chi connectivity index (χ3v) is 2.49. The van der Waals surface area contributed by atoms with Gasteiger partial charge in [-0.05, 0) is 13.3 Å². The van der Waals surface area contributed by atoms with Crippen LogP contribution in [0.5, 0.6) is 5.88 Å². The van der Waals surface area contributed by atoms with Crippen molar-refractivity contribution >= 4 is 5.82 Å². The smallest absolute Gasteiger partial charge is 0.219 e. The molecule has 0 spiro atoms. The fourth-order valence-corrected chi connectivity index (χ4v) is 1.41. The van der Waals surface area contributed by atoms with Crippen molar-refractivity contribution in [1.29, 1.82) is 0 Å². The lowest BCUT2D eigenvalue weighted by Crippen LogP contribution is -2.18. The molecule has 0 unspecified atom stereocenters.